The van der Waals surface area contributed by atoms with Crippen molar-refractivity contribution in [3.63, 3.8) is 0 Å². The molecule has 0 atom stereocenters. The first-order valence-corrected chi connectivity index (χ1v) is 8.58. The fourth-order valence-electron chi connectivity index (χ4n) is 2.11. The summed E-state index contributed by atoms with van der Waals surface area (Å²) < 4.78 is 24.6. The lowest BCUT2D eigenvalue weighted by Crippen LogP contribution is -2.29. The van der Waals surface area contributed by atoms with Crippen LogP contribution in [0.5, 0.6) is 0 Å². The molecule has 21 heavy (non-hydrogen) atoms. The van der Waals surface area contributed by atoms with Gasteiger partial charge >= 0.3 is 0 Å². The summed E-state index contributed by atoms with van der Waals surface area (Å²) in [5.74, 6) is -0.0464. The van der Waals surface area contributed by atoms with Crippen molar-refractivity contribution < 1.29 is 13.2 Å². The maximum Gasteiger partial charge on any atom is 0.225 e. The fraction of sp³-hybridized carbons (Fsp3) is 0.385. The highest BCUT2D eigenvalue weighted by Gasteiger charge is 2.28. The third-order valence-corrected chi connectivity index (χ3v) is 5.44. The van der Waals surface area contributed by atoms with Crippen molar-refractivity contribution >= 4 is 38.8 Å². The van der Waals surface area contributed by atoms with Crippen molar-refractivity contribution in [2.24, 2.45) is 5.73 Å². The molecule has 3 N–H and O–H groups in total. The number of nitrogens with one attached hydrogen (secondary N) is 1. The standard InChI is InChI=1S/C13H17N3O3S2/c14-13(20)10-2-4-11(5-3-10)15-12(17)6-8-16-7-1-9-21(16,18)19/h2-5H,1,6-9H2,(H2,14,20)(H,15,17). The topological polar surface area (TPSA) is 92.5 Å². The quantitative estimate of drug-likeness (QED) is 0.776. The molecule has 0 radical (unpaired) electrons. The van der Waals surface area contributed by atoms with E-state index in [0.29, 0.717) is 23.6 Å². The summed E-state index contributed by atoms with van der Waals surface area (Å²) in [6.45, 7) is 0.720. The van der Waals surface area contributed by atoms with Gasteiger partial charge in [-0.3, -0.25) is 4.79 Å². The zero-order chi connectivity index (χ0) is 15.5. The Morgan fingerprint density at radius 1 is 1.33 bits per heavy atom. The minimum absolute atomic E-state index is 0.135. The zero-order valence-electron chi connectivity index (χ0n) is 11.4. The van der Waals surface area contributed by atoms with Crippen molar-refractivity contribution in [2.75, 3.05) is 24.2 Å². The van der Waals surface area contributed by atoms with Crippen molar-refractivity contribution in [3.8, 4) is 0 Å². The molecule has 1 aliphatic heterocycles. The summed E-state index contributed by atoms with van der Waals surface area (Å²) in [6, 6.07) is 6.86. The van der Waals surface area contributed by atoms with E-state index in [1.54, 1.807) is 24.3 Å². The number of carbonyl (C=O) groups is 1. The summed E-state index contributed by atoms with van der Waals surface area (Å²) in [7, 11) is -3.15. The van der Waals surface area contributed by atoms with Crippen molar-refractivity contribution in [1.82, 2.24) is 4.31 Å². The highest BCUT2D eigenvalue weighted by molar-refractivity contribution is 7.89. The van der Waals surface area contributed by atoms with Crippen LogP contribution in [0.4, 0.5) is 5.69 Å². The monoisotopic (exact) mass is 327 g/mol. The van der Waals surface area contributed by atoms with Gasteiger partial charge in [0.05, 0.1) is 5.75 Å². The van der Waals surface area contributed by atoms with Gasteiger partial charge in [-0.05, 0) is 30.7 Å². The number of nitrogens with zero attached hydrogens (tertiary/aromatic N) is 1. The minimum atomic E-state index is -3.15. The van der Waals surface area contributed by atoms with Crippen LogP contribution in [0, 0.1) is 0 Å². The Labute approximate surface area is 129 Å². The first-order valence-electron chi connectivity index (χ1n) is 6.56. The van der Waals surface area contributed by atoms with Gasteiger partial charge in [0, 0.05) is 30.8 Å². The van der Waals surface area contributed by atoms with Crippen molar-refractivity contribution in [1.29, 1.82) is 0 Å². The molecule has 1 aliphatic rings. The predicted octanol–water partition coefficient (Wildman–Crippen LogP) is 0.685. The molecule has 0 aromatic heterocycles. The number of thiocarbonyl (C=S) groups is 1. The van der Waals surface area contributed by atoms with Crippen LogP contribution < -0.4 is 11.1 Å². The third-order valence-electron chi connectivity index (χ3n) is 3.24. The second-order valence-electron chi connectivity index (χ2n) is 4.81. The molecular formula is C13H17N3O3S2. The number of carbonyl (C=O) groups excluding carboxylic acids is 1. The molecule has 8 heteroatoms. The molecule has 1 aromatic rings. The van der Waals surface area contributed by atoms with Crippen molar-refractivity contribution in [3.05, 3.63) is 29.8 Å². The maximum absolute atomic E-state index is 11.8. The maximum atomic E-state index is 11.8. The molecule has 6 nitrogen and oxygen atoms in total. The molecule has 1 aromatic carbocycles. The van der Waals surface area contributed by atoms with Crippen LogP contribution >= 0.6 is 12.2 Å². The summed E-state index contributed by atoms with van der Waals surface area (Å²) >= 11 is 4.85. The summed E-state index contributed by atoms with van der Waals surface area (Å²) in [4.78, 5) is 12.1. The number of amides is 1. The lowest BCUT2D eigenvalue weighted by atomic mass is 10.2. The molecule has 1 fully saturated rings. The van der Waals surface area contributed by atoms with Crippen molar-refractivity contribution in [2.45, 2.75) is 12.8 Å². The lowest BCUT2D eigenvalue weighted by molar-refractivity contribution is -0.116. The van der Waals surface area contributed by atoms with Gasteiger partial charge in [-0.1, -0.05) is 12.2 Å². The van der Waals surface area contributed by atoms with Crippen LogP contribution in [0.25, 0.3) is 0 Å². The van der Waals surface area contributed by atoms with Gasteiger partial charge in [0.15, 0.2) is 0 Å². The van der Waals surface area contributed by atoms with E-state index < -0.39 is 10.0 Å². The van der Waals surface area contributed by atoms with Gasteiger partial charge in [-0.2, -0.15) is 0 Å². The Balaban J connectivity index is 1.86. The van der Waals surface area contributed by atoms with E-state index in [2.05, 4.69) is 5.32 Å². The Hall–Kier alpha value is -1.51. The van der Waals surface area contributed by atoms with Gasteiger partial charge in [-0.25, -0.2) is 12.7 Å². The van der Waals surface area contributed by atoms with Gasteiger partial charge in [0.1, 0.15) is 4.99 Å². The Kier molecular flexibility index (Phi) is 4.92. The van der Waals surface area contributed by atoms with E-state index in [0.717, 1.165) is 5.56 Å². The van der Waals surface area contributed by atoms with Gasteiger partial charge in [0.2, 0.25) is 15.9 Å². The SMILES string of the molecule is NC(=S)c1ccc(NC(=O)CCN2CCCS2(=O)=O)cc1. The van der Waals surface area contributed by atoms with Crippen LogP contribution in [0.2, 0.25) is 0 Å². The first kappa shape index (κ1) is 15.9. The van der Waals surface area contributed by atoms with Gasteiger partial charge in [0.25, 0.3) is 0 Å². The number of nitrogens with two attached hydrogens (primary N) is 1. The van der Waals surface area contributed by atoms with Crippen LogP contribution in [0.1, 0.15) is 18.4 Å². The summed E-state index contributed by atoms with van der Waals surface area (Å²) in [5.41, 5.74) is 6.85. The Morgan fingerprint density at radius 2 is 2.00 bits per heavy atom. The van der Waals surface area contributed by atoms with Crippen LogP contribution in [-0.2, 0) is 14.8 Å². The predicted molar refractivity (Wildman–Crippen MR) is 85.6 cm³/mol. The van der Waals surface area contributed by atoms with E-state index in [9.17, 15) is 13.2 Å². The van der Waals surface area contributed by atoms with Crippen LogP contribution in [-0.4, -0.2) is 42.5 Å². The largest absolute Gasteiger partial charge is 0.389 e. The molecule has 1 amide bonds. The van der Waals surface area contributed by atoms with E-state index >= 15 is 0 Å². The molecule has 0 saturated carbocycles. The molecule has 1 heterocycles. The highest BCUT2D eigenvalue weighted by Crippen LogP contribution is 2.14. The third kappa shape index (κ3) is 4.23. The normalized spacial score (nSPS) is 17.5. The summed E-state index contributed by atoms with van der Waals surface area (Å²) in [6.07, 6.45) is 0.765. The molecular weight excluding hydrogens is 310 g/mol. The molecule has 0 unspecified atom stereocenters. The molecule has 2 rings (SSSR count). The zero-order valence-corrected chi connectivity index (χ0v) is 13.0. The minimum Gasteiger partial charge on any atom is -0.389 e. The van der Waals surface area contributed by atoms with Gasteiger partial charge < -0.3 is 11.1 Å². The van der Waals surface area contributed by atoms with Gasteiger partial charge in [-0.15, -0.1) is 0 Å². The van der Waals surface area contributed by atoms with E-state index in [1.165, 1.54) is 4.31 Å². The van der Waals surface area contributed by atoms with Crippen LogP contribution in [0.15, 0.2) is 24.3 Å². The Bertz CT molecular complexity index is 641. The lowest BCUT2D eigenvalue weighted by Gasteiger charge is -2.13. The average molecular weight is 327 g/mol. The molecule has 0 spiro atoms. The smallest absolute Gasteiger partial charge is 0.225 e. The van der Waals surface area contributed by atoms with Crippen LogP contribution in [0.3, 0.4) is 0 Å². The molecule has 0 bridgehead atoms. The number of hydrogen-bond acceptors (Lipinski definition) is 4. The first-order chi connectivity index (χ1) is 9.88. The van der Waals surface area contributed by atoms with E-state index in [1.807, 2.05) is 0 Å². The molecule has 0 aliphatic carbocycles. The fourth-order valence-corrected chi connectivity index (χ4v) is 3.77. The molecule has 1 saturated heterocycles. The van der Waals surface area contributed by atoms with E-state index in [-0.39, 0.29) is 24.6 Å². The number of anilines is 1. The number of benzene rings is 1. The van der Waals surface area contributed by atoms with E-state index in [4.69, 9.17) is 18.0 Å². The second-order valence-corrected chi connectivity index (χ2v) is 7.34. The second kappa shape index (κ2) is 6.50. The summed E-state index contributed by atoms with van der Waals surface area (Å²) in [5, 5.41) is 2.71. The highest BCUT2D eigenvalue weighted by atomic mass is 32.2. The molecule has 114 valence electrons. The average Bonchev–Trinajstić information content (AvgIpc) is 2.76. The number of hydrogen-bond donors (Lipinski definition) is 2. The number of rotatable bonds is 5. The number of sulfonamides is 1. The Morgan fingerprint density at radius 3 is 2.52 bits per heavy atom.